The van der Waals surface area contributed by atoms with Crippen molar-refractivity contribution in [3.63, 3.8) is 0 Å². The molecular formula is C3H5N2O3S2+. The number of hydrogen-bond acceptors (Lipinski definition) is 4. The first-order valence-electron chi connectivity index (χ1n) is 2.23. The Labute approximate surface area is 61.4 Å². The maximum Gasteiger partial charge on any atom is 0.409 e. The summed E-state index contributed by atoms with van der Waals surface area (Å²) in [5.41, 5.74) is 0. The van der Waals surface area contributed by atoms with Gasteiger partial charge in [0.2, 0.25) is 6.20 Å². The molecule has 1 aromatic heterocycles. The van der Waals surface area contributed by atoms with Crippen LogP contribution in [0.3, 0.4) is 0 Å². The lowest BCUT2D eigenvalue weighted by Crippen LogP contribution is -2.46. The van der Waals surface area contributed by atoms with Crippen molar-refractivity contribution in [3.8, 4) is 0 Å². The molecule has 0 spiro atoms. The topological polar surface area (TPSA) is 84.3 Å². The van der Waals surface area contributed by atoms with Crippen LogP contribution in [0.15, 0.2) is 15.9 Å². The van der Waals surface area contributed by atoms with Gasteiger partial charge in [-0.2, -0.15) is 8.42 Å². The summed E-state index contributed by atoms with van der Waals surface area (Å²) < 4.78 is 29.8. The molecule has 0 saturated carbocycles. The second kappa shape index (κ2) is 2.19. The van der Waals surface area contributed by atoms with E-state index in [1.54, 1.807) is 0 Å². The second-order valence-electron chi connectivity index (χ2n) is 1.55. The fourth-order valence-corrected chi connectivity index (χ4v) is 1.94. The molecule has 0 unspecified atom stereocenters. The predicted molar refractivity (Wildman–Crippen MR) is 34.5 cm³/mol. The van der Waals surface area contributed by atoms with Gasteiger partial charge in [-0.25, -0.2) is 5.84 Å². The third-order valence-electron chi connectivity index (χ3n) is 0.822. The van der Waals surface area contributed by atoms with E-state index in [0.29, 0.717) is 0 Å². The zero-order valence-electron chi connectivity index (χ0n) is 4.76. The van der Waals surface area contributed by atoms with Gasteiger partial charge in [0.25, 0.3) is 0 Å². The van der Waals surface area contributed by atoms with Crippen molar-refractivity contribution in [3.05, 3.63) is 11.6 Å². The summed E-state index contributed by atoms with van der Waals surface area (Å²) in [4.78, 5) is 0. The van der Waals surface area contributed by atoms with Gasteiger partial charge >= 0.3 is 14.5 Å². The van der Waals surface area contributed by atoms with Crippen LogP contribution in [0.1, 0.15) is 0 Å². The minimum Gasteiger partial charge on any atom is -0.276 e. The van der Waals surface area contributed by atoms with Crippen molar-refractivity contribution in [2.75, 3.05) is 5.84 Å². The molecule has 0 amide bonds. The monoisotopic (exact) mass is 181 g/mol. The molecule has 0 saturated heterocycles. The molecule has 0 aliphatic carbocycles. The van der Waals surface area contributed by atoms with E-state index in [1.165, 1.54) is 11.6 Å². The van der Waals surface area contributed by atoms with Gasteiger partial charge in [0.15, 0.2) is 0 Å². The van der Waals surface area contributed by atoms with Gasteiger partial charge in [-0.1, -0.05) is 16.0 Å². The van der Waals surface area contributed by atoms with Crippen molar-refractivity contribution < 1.29 is 17.6 Å². The van der Waals surface area contributed by atoms with Crippen molar-refractivity contribution in [2.24, 2.45) is 0 Å². The summed E-state index contributed by atoms with van der Waals surface area (Å²) in [5, 5.41) is 1.46. The van der Waals surface area contributed by atoms with Crippen molar-refractivity contribution in [1.82, 2.24) is 0 Å². The molecule has 3 N–H and O–H groups in total. The number of hydrogen-bond donors (Lipinski definition) is 2. The molecule has 0 aromatic carbocycles. The number of thiazole rings is 1. The standard InChI is InChI=1S/C3H4N2O3S2/c4-5-1-2-9-3(5)10(6,7)8/h1-2H,4H2/p+1. The number of aromatic nitrogens is 1. The molecule has 0 aliphatic rings. The van der Waals surface area contributed by atoms with Gasteiger partial charge in [-0.05, 0) is 0 Å². The SMILES string of the molecule is N[n+]1ccsc1S(=O)(=O)O. The Hall–Kier alpha value is -0.660. The van der Waals surface area contributed by atoms with Gasteiger partial charge in [0.05, 0.1) is 5.38 Å². The van der Waals surface area contributed by atoms with Crippen molar-refractivity contribution in [2.45, 2.75) is 4.34 Å². The van der Waals surface area contributed by atoms with E-state index >= 15 is 0 Å². The van der Waals surface area contributed by atoms with Gasteiger partial charge < -0.3 is 0 Å². The quantitative estimate of drug-likeness (QED) is 0.330. The van der Waals surface area contributed by atoms with Crippen LogP contribution in [0.5, 0.6) is 0 Å². The van der Waals surface area contributed by atoms with Crippen LogP contribution >= 0.6 is 11.3 Å². The molecule has 56 valence electrons. The van der Waals surface area contributed by atoms with Crippen LogP contribution in [0.4, 0.5) is 0 Å². The number of rotatable bonds is 1. The van der Waals surface area contributed by atoms with Crippen molar-refractivity contribution >= 4 is 21.5 Å². The van der Waals surface area contributed by atoms with Gasteiger partial charge in [0.1, 0.15) is 0 Å². The number of nitrogens with two attached hydrogens (primary N) is 1. The summed E-state index contributed by atoms with van der Waals surface area (Å²) in [5.74, 6) is 5.11. The Morgan fingerprint density at radius 1 is 1.70 bits per heavy atom. The average Bonchev–Trinajstić information content (AvgIpc) is 2.11. The lowest BCUT2D eigenvalue weighted by atomic mass is 11.0. The number of nitrogen functional groups attached to an aromatic ring is 1. The van der Waals surface area contributed by atoms with Crippen molar-refractivity contribution in [1.29, 1.82) is 0 Å². The van der Waals surface area contributed by atoms with Crippen LogP contribution in [0.25, 0.3) is 0 Å². The first-order chi connectivity index (χ1) is 4.52. The lowest BCUT2D eigenvalue weighted by Gasteiger charge is -1.83. The van der Waals surface area contributed by atoms with Crippen LogP contribution in [0, 0.1) is 0 Å². The summed E-state index contributed by atoms with van der Waals surface area (Å²) >= 11 is 0.856. The smallest absolute Gasteiger partial charge is 0.276 e. The normalized spacial score (nSPS) is 11.7. The molecule has 0 radical (unpaired) electrons. The van der Waals surface area contributed by atoms with E-state index in [4.69, 9.17) is 10.4 Å². The van der Waals surface area contributed by atoms with E-state index in [-0.39, 0.29) is 4.34 Å². The highest BCUT2D eigenvalue weighted by Crippen LogP contribution is 2.07. The highest BCUT2D eigenvalue weighted by atomic mass is 32.3. The zero-order valence-corrected chi connectivity index (χ0v) is 6.39. The Morgan fingerprint density at radius 2 is 2.30 bits per heavy atom. The Balaban J connectivity index is 3.32. The molecule has 0 bridgehead atoms. The van der Waals surface area contributed by atoms with E-state index in [1.807, 2.05) is 0 Å². The first kappa shape index (κ1) is 7.45. The highest BCUT2D eigenvalue weighted by molar-refractivity contribution is 7.87. The Kier molecular flexibility index (Phi) is 1.63. The zero-order chi connectivity index (χ0) is 7.78. The maximum absolute atomic E-state index is 10.4. The largest absolute Gasteiger partial charge is 0.409 e. The average molecular weight is 181 g/mol. The molecule has 10 heavy (non-hydrogen) atoms. The van der Waals surface area contributed by atoms with Gasteiger partial charge in [0, 0.05) is 0 Å². The first-order valence-corrected chi connectivity index (χ1v) is 4.55. The summed E-state index contributed by atoms with van der Waals surface area (Å²) in [7, 11) is -4.13. The highest BCUT2D eigenvalue weighted by Gasteiger charge is 2.24. The molecule has 7 heteroatoms. The van der Waals surface area contributed by atoms with E-state index in [2.05, 4.69) is 0 Å². The van der Waals surface area contributed by atoms with Crippen LogP contribution < -0.4 is 10.5 Å². The minimum absolute atomic E-state index is 0.271. The third-order valence-corrected chi connectivity index (χ3v) is 3.06. The van der Waals surface area contributed by atoms with E-state index < -0.39 is 10.1 Å². The number of nitrogens with zero attached hydrogens (tertiary/aromatic N) is 1. The third kappa shape index (κ3) is 1.25. The van der Waals surface area contributed by atoms with Gasteiger partial charge in [-0.15, -0.1) is 0 Å². The van der Waals surface area contributed by atoms with E-state index in [0.717, 1.165) is 16.0 Å². The fourth-order valence-electron chi connectivity index (χ4n) is 0.470. The Morgan fingerprint density at radius 3 is 2.50 bits per heavy atom. The minimum atomic E-state index is -4.13. The molecule has 1 rings (SSSR count). The summed E-state index contributed by atoms with van der Waals surface area (Å²) in [6, 6.07) is 0. The van der Waals surface area contributed by atoms with E-state index in [9.17, 15) is 8.42 Å². The summed E-state index contributed by atoms with van der Waals surface area (Å²) in [6.07, 6.45) is 1.34. The Bertz CT molecular complexity index is 327. The summed E-state index contributed by atoms with van der Waals surface area (Å²) in [6.45, 7) is 0. The lowest BCUT2D eigenvalue weighted by molar-refractivity contribution is -0.671. The molecular weight excluding hydrogens is 176 g/mol. The van der Waals surface area contributed by atoms with Crippen LogP contribution in [-0.4, -0.2) is 13.0 Å². The molecule has 0 atom stereocenters. The molecule has 0 aliphatic heterocycles. The molecule has 1 aromatic rings. The predicted octanol–water partition coefficient (Wildman–Crippen LogP) is -1.00. The second-order valence-corrected chi connectivity index (χ2v) is 4.04. The van der Waals surface area contributed by atoms with Gasteiger partial charge in [-0.3, -0.25) is 4.55 Å². The maximum atomic E-state index is 10.4. The molecule has 5 nitrogen and oxygen atoms in total. The molecule has 1 heterocycles. The fraction of sp³-hybridized carbons (Fsp3) is 0. The van der Waals surface area contributed by atoms with Crippen LogP contribution in [0.2, 0.25) is 0 Å². The molecule has 0 fully saturated rings. The van der Waals surface area contributed by atoms with Crippen LogP contribution in [-0.2, 0) is 10.1 Å².